The van der Waals surface area contributed by atoms with Crippen molar-refractivity contribution in [2.24, 2.45) is 0 Å². The van der Waals surface area contributed by atoms with E-state index >= 15 is 0 Å². The lowest BCUT2D eigenvalue weighted by Gasteiger charge is -2.26. The number of carbonyl (C=O) groups is 1. The van der Waals surface area contributed by atoms with Crippen molar-refractivity contribution in [3.8, 4) is 0 Å². The van der Waals surface area contributed by atoms with Crippen LogP contribution in [0.25, 0.3) is 10.8 Å². The molecular weight excluding hydrogens is 488 g/mol. The first-order chi connectivity index (χ1) is 17.8. The third-order valence-corrected chi connectivity index (χ3v) is 10.0. The first-order valence-electron chi connectivity index (χ1n) is 13.1. The SMILES string of the molecule is Cc1c(C)c(C)c(NC(=O)C(Sc2cc3ccccc3c[n+]2[O-])c2c(C)c(C)c(C)c(C)c2C)c(C)c1C. The molecule has 0 bridgehead atoms. The lowest BCUT2D eigenvalue weighted by molar-refractivity contribution is -0.644. The first kappa shape index (κ1) is 27.7. The van der Waals surface area contributed by atoms with Crippen LogP contribution in [0.3, 0.4) is 0 Å². The Morgan fingerprint density at radius 1 is 0.711 bits per heavy atom. The molecular formula is C33H38N2O2S. The summed E-state index contributed by atoms with van der Waals surface area (Å²) in [7, 11) is 0. The number of hydrogen-bond donors (Lipinski definition) is 1. The molecule has 0 radical (unpaired) electrons. The number of pyridine rings is 1. The average Bonchev–Trinajstić information content (AvgIpc) is 2.90. The monoisotopic (exact) mass is 526 g/mol. The molecule has 0 aliphatic carbocycles. The van der Waals surface area contributed by atoms with Gasteiger partial charge in [0, 0.05) is 17.1 Å². The van der Waals surface area contributed by atoms with Gasteiger partial charge in [0.2, 0.25) is 5.91 Å². The van der Waals surface area contributed by atoms with E-state index in [0.29, 0.717) is 5.03 Å². The zero-order valence-corrected chi connectivity index (χ0v) is 25.0. The number of nitrogens with zero attached hydrogens (tertiary/aromatic N) is 1. The van der Waals surface area contributed by atoms with Crippen molar-refractivity contribution in [1.29, 1.82) is 0 Å². The number of nitrogens with one attached hydrogen (secondary N) is 1. The molecule has 1 amide bonds. The second-order valence-corrected chi connectivity index (χ2v) is 11.7. The fourth-order valence-corrected chi connectivity index (χ4v) is 6.63. The van der Waals surface area contributed by atoms with E-state index in [4.69, 9.17) is 0 Å². The largest absolute Gasteiger partial charge is 0.618 e. The van der Waals surface area contributed by atoms with Crippen molar-refractivity contribution >= 4 is 34.1 Å². The van der Waals surface area contributed by atoms with Gasteiger partial charge in [-0.25, -0.2) is 0 Å². The van der Waals surface area contributed by atoms with E-state index in [1.807, 2.05) is 30.3 Å². The van der Waals surface area contributed by atoms with Crippen molar-refractivity contribution in [1.82, 2.24) is 0 Å². The highest BCUT2D eigenvalue weighted by Crippen LogP contribution is 2.42. The molecule has 4 rings (SSSR count). The summed E-state index contributed by atoms with van der Waals surface area (Å²) in [6.07, 6.45) is 1.60. The van der Waals surface area contributed by atoms with Crippen LogP contribution in [-0.2, 0) is 4.79 Å². The quantitative estimate of drug-likeness (QED) is 0.163. The minimum absolute atomic E-state index is 0.120. The van der Waals surface area contributed by atoms with E-state index in [0.717, 1.165) is 49.0 Å². The van der Waals surface area contributed by atoms with Crippen LogP contribution in [0.2, 0.25) is 0 Å². The number of fused-ring (bicyclic) bond motifs is 1. The Morgan fingerprint density at radius 3 is 1.68 bits per heavy atom. The van der Waals surface area contributed by atoms with Crippen molar-refractivity contribution in [2.45, 2.75) is 79.5 Å². The van der Waals surface area contributed by atoms with Gasteiger partial charge < -0.3 is 10.5 Å². The fraction of sp³-hybridized carbons (Fsp3) is 0.333. The highest BCUT2D eigenvalue weighted by molar-refractivity contribution is 8.00. The molecule has 1 aromatic heterocycles. The van der Waals surface area contributed by atoms with Crippen LogP contribution in [0, 0.1) is 74.4 Å². The minimum atomic E-state index is -0.602. The molecule has 0 spiro atoms. The number of amides is 1. The maximum absolute atomic E-state index is 14.3. The van der Waals surface area contributed by atoms with Crippen LogP contribution >= 0.6 is 11.8 Å². The van der Waals surface area contributed by atoms with Gasteiger partial charge in [0.15, 0.2) is 6.20 Å². The van der Waals surface area contributed by atoms with Gasteiger partial charge in [-0.05, 0) is 154 Å². The van der Waals surface area contributed by atoms with E-state index in [1.165, 1.54) is 45.1 Å². The van der Waals surface area contributed by atoms with Crippen molar-refractivity contribution in [3.05, 3.63) is 103 Å². The lowest BCUT2D eigenvalue weighted by atomic mass is 9.87. The number of hydrogen-bond acceptors (Lipinski definition) is 3. The van der Waals surface area contributed by atoms with Gasteiger partial charge >= 0.3 is 0 Å². The Bertz CT molecular complexity index is 1550. The summed E-state index contributed by atoms with van der Waals surface area (Å²) in [6.45, 7) is 21.0. The van der Waals surface area contributed by atoms with Gasteiger partial charge in [-0.1, -0.05) is 18.2 Å². The molecule has 4 nitrogen and oxygen atoms in total. The molecule has 4 aromatic rings. The summed E-state index contributed by atoms with van der Waals surface area (Å²) in [4.78, 5) is 14.3. The summed E-state index contributed by atoms with van der Waals surface area (Å²) in [6, 6.07) is 9.70. The minimum Gasteiger partial charge on any atom is -0.618 e. The van der Waals surface area contributed by atoms with E-state index in [2.05, 4.69) is 74.6 Å². The maximum atomic E-state index is 14.3. The molecule has 3 aromatic carbocycles. The number of rotatable bonds is 5. The summed E-state index contributed by atoms with van der Waals surface area (Å²) in [5.74, 6) is -0.120. The number of thioether (sulfide) groups is 1. The first-order valence-corrected chi connectivity index (χ1v) is 14.0. The molecule has 0 saturated carbocycles. The normalized spacial score (nSPS) is 12.2. The predicted octanol–water partition coefficient (Wildman–Crippen LogP) is 8.03. The smallest absolute Gasteiger partial charge is 0.253 e. The van der Waals surface area contributed by atoms with Gasteiger partial charge in [-0.15, -0.1) is 0 Å². The zero-order chi connectivity index (χ0) is 28.0. The number of benzene rings is 3. The van der Waals surface area contributed by atoms with Crippen molar-refractivity contribution in [2.75, 3.05) is 5.32 Å². The number of aromatic nitrogens is 1. The Labute approximate surface area is 231 Å². The van der Waals surface area contributed by atoms with Crippen LogP contribution in [0.5, 0.6) is 0 Å². The third kappa shape index (κ3) is 4.69. The molecule has 0 saturated heterocycles. The summed E-state index contributed by atoms with van der Waals surface area (Å²) in [5.41, 5.74) is 13.5. The van der Waals surface area contributed by atoms with Crippen LogP contribution in [-0.4, -0.2) is 5.91 Å². The van der Waals surface area contributed by atoms with Gasteiger partial charge in [-0.3, -0.25) is 4.79 Å². The second-order valence-electron chi connectivity index (χ2n) is 10.6. The van der Waals surface area contributed by atoms with Gasteiger partial charge in [-0.2, -0.15) is 4.73 Å². The van der Waals surface area contributed by atoms with Crippen LogP contribution in [0.4, 0.5) is 5.69 Å². The summed E-state index contributed by atoms with van der Waals surface area (Å²) in [5, 5.41) is 18.2. The Kier molecular flexibility index (Phi) is 7.62. The van der Waals surface area contributed by atoms with Crippen LogP contribution in [0.15, 0.2) is 41.6 Å². The van der Waals surface area contributed by atoms with Crippen molar-refractivity contribution < 1.29 is 9.52 Å². The molecule has 1 heterocycles. The molecule has 1 N–H and O–H groups in total. The summed E-state index contributed by atoms with van der Waals surface area (Å²) >= 11 is 1.32. The predicted molar refractivity (Wildman–Crippen MR) is 160 cm³/mol. The Hall–Kier alpha value is -3.31. The maximum Gasteiger partial charge on any atom is 0.253 e. The molecule has 0 fully saturated rings. The molecule has 198 valence electrons. The van der Waals surface area contributed by atoms with Crippen molar-refractivity contribution in [3.63, 3.8) is 0 Å². The van der Waals surface area contributed by atoms with E-state index < -0.39 is 5.25 Å². The highest BCUT2D eigenvalue weighted by atomic mass is 32.2. The van der Waals surface area contributed by atoms with Gasteiger partial charge in [0.1, 0.15) is 5.25 Å². The average molecular weight is 527 g/mol. The molecule has 0 aliphatic rings. The van der Waals surface area contributed by atoms with E-state index in [-0.39, 0.29) is 5.91 Å². The Morgan fingerprint density at radius 2 is 1.16 bits per heavy atom. The molecule has 1 atom stereocenters. The lowest BCUT2D eigenvalue weighted by Crippen LogP contribution is -2.30. The van der Waals surface area contributed by atoms with Crippen LogP contribution in [0.1, 0.15) is 66.4 Å². The molecule has 38 heavy (non-hydrogen) atoms. The fourth-order valence-electron chi connectivity index (χ4n) is 5.40. The standard InChI is InChI=1S/C33H38N2O2S/c1-17-19(3)23(7)30(24(8)20(17)4)32(38-29-15-27-13-11-12-14-28(27)16-35(29)37)33(36)34-31-25(9)21(5)18(2)22(6)26(31)10/h11-16,32H,1-10H3,(H,34,36). The summed E-state index contributed by atoms with van der Waals surface area (Å²) < 4.78 is 0.891. The van der Waals surface area contributed by atoms with Crippen LogP contribution < -0.4 is 10.0 Å². The Balaban J connectivity index is 1.89. The highest BCUT2D eigenvalue weighted by Gasteiger charge is 2.31. The van der Waals surface area contributed by atoms with Gasteiger partial charge in [0.25, 0.3) is 5.03 Å². The molecule has 5 heteroatoms. The molecule has 0 aliphatic heterocycles. The van der Waals surface area contributed by atoms with E-state index in [1.54, 1.807) is 6.20 Å². The number of carbonyl (C=O) groups excluding carboxylic acids is 1. The third-order valence-electron chi connectivity index (χ3n) is 8.79. The molecule has 1 unspecified atom stereocenters. The van der Waals surface area contributed by atoms with E-state index in [9.17, 15) is 10.0 Å². The number of anilines is 1. The second kappa shape index (κ2) is 10.5. The van der Waals surface area contributed by atoms with Gasteiger partial charge in [0.05, 0.1) is 0 Å². The topological polar surface area (TPSA) is 56.0 Å². The zero-order valence-electron chi connectivity index (χ0n) is 24.2.